The molecule has 3 heterocycles. The van der Waals surface area contributed by atoms with Gasteiger partial charge in [0.1, 0.15) is 11.2 Å². The number of furan rings is 1. The third-order valence-electron chi connectivity index (χ3n) is 8.76. The lowest BCUT2D eigenvalue weighted by atomic mass is 9.92. The molecule has 2 aromatic heterocycles. The van der Waals surface area contributed by atoms with E-state index in [1.165, 1.54) is 33.2 Å². The van der Waals surface area contributed by atoms with Crippen LogP contribution in [0.3, 0.4) is 0 Å². The van der Waals surface area contributed by atoms with Crippen molar-refractivity contribution in [3.8, 4) is 27.9 Å². The zero-order chi connectivity index (χ0) is 28.5. The first-order valence-electron chi connectivity index (χ1n) is 14.4. The van der Waals surface area contributed by atoms with Crippen molar-refractivity contribution in [3.05, 3.63) is 144 Å². The highest BCUT2D eigenvalue weighted by atomic mass is 32.2. The van der Waals surface area contributed by atoms with Crippen LogP contribution in [0.4, 0.5) is 5.69 Å². The van der Waals surface area contributed by atoms with Gasteiger partial charge in [-0.05, 0) is 93.4 Å². The number of rotatable bonds is 2. The molecule has 0 aliphatic carbocycles. The monoisotopic (exact) mass is 568 g/mol. The molecule has 9 rings (SSSR count). The average molecular weight is 569 g/mol. The van der Waals surface area contributed by atoms with Crippen molar-refractivity contribution < 1.29 is 4.42 Å². The zero-order valence-corrected chi connectivity index (χ0v) is 24.0. The fourth-order valence-corrected chi connectivity index (χ4v) is 7.75. The van der Waals surface area contributed by atoms with Crippen LogP contribution in [-0.4, -0.2) is 4.57 Å². The molecule has 0 atom stereocenters. The summed E-state index contributed by atoms with van der Waals surface area (Å²) in [6, 6.07) is 43.1. The summed E-state index contributed by atoms with van der Waals surface area (Å²) in [5.41, 5.74) is 13.6. The first-order valence-corrected chi connectivity index (χ1v) is 15.6. The molecule has 0 saturated heterocycles. The van der Waals surface area contributed by atoms with Crippen molar-refractivity contribution in [2.45, 2.75) is 11.5 Å². The molecule has 3 nitrogen and oxygen atoms in total. The molecule has 1 aliphatic rings. The van der Waals surface area contributed by atoms with Crippen LogP contribution in [0.2, 0.25) is 0 Å². The van der Waals surface area contributed by atoms with Gasteiger partial charge in [-0.15, -0.1) is 0 Å². The summed E-state index contributed by atoms with van der Waals surface area (Å²) < 4.78 is 8.55. The van der Waals surface area contributed by atoms with Crippen molar-refractivity contribution in [2.75, 3.05) is 0 Å². The summed E-state index contributed by atoms with van der Waals surface area (Å²) in [6.45, 7) is 7.52. The molecular formula is C39H24N2OS. The summed E-state index contributed by atoms with van der Waals surface area (Å²) in [5, 5.41) is 4.59. The predicted molar refractivity (Wildman–Crippen MR) is 180 cm³/mol. The van der Waals surface area contributed by atoms with E-state index in [9.17, 15) is 0 Å². The van der Waals surface area contributed by atoms with Gasteiger partial charge in [0.15, 0.2) is 5.69 Å². The Labute approximate surface area is 252 Å². The van der Waals surface area contributed by atoms with Gasteiger partial charge in [0.05, 0.1) is 17.6 Å². The van der Waals surface area contributed by atoms with E-state index in [0.29, 0.717) is 5.69 Å². The molecule has 0 N–H and O–H groups in total. The number of nitrogens with zero attached hydrogens (tertiary/aromatic N) is 2. The molecule has 0 spiro atoms. The van der Waals surface area contributed by atoms with Crippen molar-refractivity contribution >= 4 is 61.2 Å². The summed E-state index contributed by atoms with van der Waals surface area (Å²) in [7, 11) is 0. The van der Waals surface area contributed by atoms with Gasteiger partial charge in [0, 0.05) is 33.4 Å². The molecule has 1 aliphatic heterocycles. The number of aromatic nitrogens is 1. The van der Waals surface area contributed by atoms with E-state index in [1.807, 2.05) is 36.0 Å². The minimum Gasteiger partial charge on any atom is -0.456 e. The normalized spacial score (nSPS) is 12.8. The van der Waals surface area contributed by atoms with E-state index in [1.54, 1.807) is 0 Å². The molecule has 6 aromatic carbocycles. The Bertz CT molecular complexity index is 2460. The van der Waals surface area contributed by atoms with E-state index >= 15 is 0 Å². The maximum absolute atomic E-state index is 7.52. The Morgan fingerprint density at radius 2 is 1.35 bits per heavy atom. The van der Waals surface area contributed by atoms with Gasteiger partial charge < -0.3 is 8.98 Å². The number of thioether (sulfide) groups is 1. The van der Waals surface area contributed by atoms with E-state index in [0.717, 1.165) is 61.1 Å². The minimum absolute atomic E-state index is 0.667. The minimum atomic E-state index is 0.667. The summed E-state index contributed by atoms with van der Waals surface area (Å²) in [4.78, 5) is 3.69. The van der Waals surface area contributed by atoms with Crippen LogP contribution in [-0.2, 0) is 11.5 Å². The highest BCUT2D eigenvalue weighted by Crippen LogP contribution is 2.41. The predicted octanol–water partition coefficient (Wildman–Crippen LogP) is 11.3. The molecular weight excluding hydrogens is 545 g/mol. The molecule has 0 bridgehead atoms. The average Bonchev–Trinajstić information content (AvgIpc) is 3.53. The summed E-state index contributed by atoms with van der Waals surface area (Å²) in [5.74, 6) is 1.94. The van der Waals surface area contributed by atoms with Crippen LogP contribution >= 0.6 is 11.8 Å². The molecule has 202 valence electrons. The molecule has 0 saturated carbocycles. The van der Waals surface area contributed by atoms with Crippen molar-refractivity contribution in [1.82, 2.24) is 4.57 Å². The van der Waals surface area contributed by atoms with Gasteiger partial charge in [-0.1, -0.05) is 66.7 Å². The molecule has 0 radical (unpaired) electrons. The van der Waals surface area contributed by atoms with Crippen LogP contribution in [0.25, 0.3) is 76.5 Å². The molecule has 0 unspecified atom stereocenters. The zero-order valence-electron chi connectivity index (χ0n) is 23.2. The van der Waals surface area contributed by atoms with E-state index in [2.05, 4.69) is 106 Å². The second-order valence-electron chi connectivity index (χ2n) is 11.2. The SMILES string of the molecule is [C-]#[N+]c1ccc2c(c1)c1ccccc1n2-c1ccc2c(c1)CSCc1ccc(-c3ccc4c(c3)oc3ccccc34)cc1-2. The van der Waals surface area contributed by atoms with Gasteiger partial charge >= 0.3 is 0 Å². The Balaban J connectivity index is 1.18. The van der Waals surface area contributed by atoms with Gasteiger partial charge in [0.2, 0.25) is 0 Å². The number of benzene rings is 6. The Morgan fingerprint density at radius 1 is 0.581 bits per heavy atom. The topological polar surface area (TPSA) is 22.4 Å². The first-order chi connectivity index (χ1) is 21.2. The maximum Gasteiger partial charge on any atom is 0.188 e. The molecule has 8 aromatic rings. The van der Waals surface area contributed by atoms with Gasteiger partial charge in [-0.2, -0.15) is 11.8 Å². The number of para-hydroxylation sites is 2. The van der Waals surface area contributed by atoms with E-state index in [-0.39, 0.29) is 0 Å². The quantitative estimate of drug-likeness (QED) is 0.194. The maximum atomic E-state index is 7.52. The lowest BCUT2D eigenvalue weighted by molar-refractivity contribution is 0.669. The number of hydrogen-bond acceptors (Lipinski definition) is 2. The number of fused-ring (bicyclic) bond motifs is 9. The lowest BCUT2D eigenvalue weighted by Crippen LogP contribution is -1.97. The van der Waals surface area contributed by atoms with Crippen LogP contribution in [0.1, 0.15) is 11.1 Å². The fourth-order valence-electron chi connectivity index (χ4n) is 6.72. The Morgan fingerprint density at radius 3 is 2.28 bits per heavy atom. The molecule has 0 fully saturated rings. The van der Waals surface area contributed by atoms with Crippen LogP contribution in [0, 0.1) is 6.57 Å². The lowest BCUT2D eigenvalue weighted by Gasteiger charge is -2.15. The second-order valence-corrected chi connectivity index (χ2v) is 12.2. The summed E-state index contributed by atoms with van der Waals surface area (Å²) in [6.07, 6.45) is 0. The highest BCUT2D eigenvalue weighted by Gasteiger charge is 2.19. The standard InChI is InChI=1S/C39H24N2OS/c1-40-28-13-17-37-35(21-28)31-6-2-4-8-36(31)41(37)29-14-16-30-27(18-29)23-43-22-26-11-10-24(19-34(26)30)25-12-15-33-32-7-3-5-9-38(32)42-39(33)20-25/h2-21H,22-23H2. The largest absolute Gasteiger partial charge is 0.456 e. The van der Waals surface area contributed by atoms with E-state index < -0.39 is 0 Å². The third kappa shape index (κ3) is 3.75. The molecule has 0 amide bonds. The van der Waals surface area contributed by atoms with E-state index in [4.69, 9.17) is 11.0 Å². The third-order valence-corrected chi connectivity index (χ3v) is 9.79. The first kappa shape index (κ1) is 24.4. The Kier molecular flexibility index (Phi) is 5.32. The van der Waals surface area contributed by atoms with Gasteiger partial charge in [-0.25, -0.2) is 4.85 Å². The van der Waals surface area contributed by atoms with Crippen LogP contribution in [0.5, 0.6) is 0 Å². The second kappa shape index (κ2) is 9.39. The van der Waals surface area contributed by atoms with Gasteiger partial charge in [-0.3, -0.25) is 0 Å². The van der Waals surface area contributed by atoms with Gasteiger partial charge in [0.25, 0.3) is 0 Å². The van der Waals surface area contributed by atoms with Crippen LogP contribution in [0.15, 0.2) is 126 Å². The fraction of sp³-hybridized carbons (Fsp3) is 0.0513. The Hall–Kier alpha value is -5.24. The van der Waals surface area contributed by atoms with Crippen molar-refractivity contribution in [3.63, 3.8) is 0 Å². The molecule has 43 heavy (non-hydrogen) atoms. The summed E-state index contributed by atoms with van der Waals surface area (Å²) >= 11 is 1.97. The van der Waals surface area contributed by atoms with Crippen LogP contribution < -0.4 is 0 Å². The molecule has 4 heteroatoms. The number of hydrogen-bond donors (Lipinski definition) is 0. The van der Waals surface area contributed by atoms with Crippen molar-refractivity contribution in [1.29, 1.82) is 0 Å². The highest BCUT2D eigenvalue weighted by molar-refractivity contribution is 7.97. The smallest absolute Gasteiger partial charge is 0.188 e. The van der Waals surface area contributed by atoms with Crippen molar-refractivity contribution in [2.24, 2.45) is 0 Å².